The molecule has 0 unspecified atom stereocenters. The van der Waals surface area contributed by atoms with Gasteiger partial charge in [0.25, 0.3) is 5.69 Å². The van der Waals surface area contributed by atoms with Crippen molar-refractivity contribution >= 4 is 33.9 Å². The molecule has 0 bridgehead atoms. The van der Waals surface area contributed by atoms with Crippen LogP contribution in [0.4, 0.5) is 22.9 Å². The van der Waals surface area contributed by atoms with E-state index in [0.29, 0.717) is 16.7 Å². The minimum atomic E-state index is -0.633. The number of hydrogen-bond donors (Lipinski definition) is 2. The number of hydrogen-bond acceptors (Lipinski definition) is 10. The zero-order chi connectivity index (χ0) is 20.4. The molecule has 0 aliphatic rings. The van der Waals surface area contributed by atoms with Crippen molar-refractivity contribution in [3.8, 4) is 5.82 Å². The number of nitro benzene ring substituents is 1. The van der Waals surface area contributed by atoms with Crippen LogP contribution in [0.15, 0.2) is 54.9 Å². The number of hydrazine groups is 1. The Bertz CT molecular complexity index is 1220. The third kappa shape index (κ3) is 3.34. The van der Waals surface area contributed by atoms with Gasteiger partial charge in [-0.15, -0.1) is 5.10 Å². The van der Waals surface area contributed by atoms with Crippen molar-refractivity contribution in [2.75, 3.05) is 10.9 Å². The second kappa shape index (κ2) is 7.15. The molecule has 13 nitrogen and oxygen atoms in total. The Morgan fingerprint density at radius 1 is 0.897 bits per heavy atom. The summed E-state index contributed by atoms with van der Waals surface area (Å²) in [6.07, 6.45) is 1.15. The molecule has 4 aromatic rings. The highest BCUT2D eigenvalue weighted by Crippen LogP contribution is 2.29. The number of nitrogens with zero attached hydrogens (tertiary/aromatic N) is 7. The van der Waals surface area contributed by atoms with Gasteiger partial charge in [-0.25, -0.2) is 9.97 Å². The van der Waals surface area contributed by atoms with Crippen LogP contribution < -0.4 is 10.9 Å². The lowest BCUT2D eigenvalue weighted by molar-refractivity contribution is -0.384. The highest BCUT2D eigenvalue weighted by Gasteiger charge is 2.26. The molecule has 2 heterocycles. The summed E-state index contributed by atoms with van der Waals surface area (Å²) in [6, 6.07) is 12.5. The zero-order valence-corrected chi connectivity index (χ0v) is 14.5. The summed E-state index contributed by atoms with van der Waals surface area (Å²) in [7, 11) is 0. The predicted octanol–water partition coefficient (Wildman–Crippen LogP) is 2.47. The van der Waals surface area contributed by atoms with Crippen molar-refractivity contribution < 1.29 is 9.85 Å². The average Bonchev–Trinajstić information content (AvgIpc) is 3.16. The van der Waals surface area contributed by atoms with E-state index >= 15 is 0 Å². The number of non-ortho nitro benzene ring substituents is 1. The topological polar surface area (TPSA) is 167 Å². The zero-order valence-electron chi connectivity index (χ0n) is 14.5. The molecule has 13 heteroatoms. The van der Waals surface area contributed by atoms with Gasteiger partial charge in [0.05, 0.1) is 21.1 Å². The number of para-hydroxylation sites is 1. The van der Waals surface area contributed by atoms with E-state index < -0.39 is 15.5 Å². The van der Waals surface area contributed by atoms with Gasteiger partial charge in [-0.2, -0.15) is 4.68 Å². The quantitative estimate of drug-likeness (QED) is 0.367. The predicted molar refractivity (Wildman–Crippen MR) is 101 cm³/mol. The summed E-state index contributed by atoms with van der Waals surface area (Å²) in [5.41, 5.74) is 6.40. The number of benzene rings is 2. The molecule has 29 heavy (non-hydrogen) atoms. The van der Waals surface area contributed by atoms with Crippen LogP contribution in [0.2, 0.25) is 0 Å². The summed E-state index contributed by atoms with van der Waals surface area (Å²) >= 11 is 0. The Morgan fingerprint density at radius 3 is 2.38 bits per heavy atom. The number of fused-ring (bicyclic) bond motifs is 1. The molecule has 4 rings (SSSR count). The first kappa shape index (κ1) is 17.7. The Morgan fingerprint density at radius 2 is 1.66 bits per heavy atom. The smallest absolute Gasteiger partial charge is 0.299 e. The minimum Gasteiger partial charge on any atom is -0.299 e. The Labute approximate surface area is 161 Å². The van der Waals surface area contributed by atoms with Gasteiger partial charge < -0.3 is 0 Å². The number of nitrogens with one attached hydrogen (secondary N) is 2. The minimum absolute atomic E-state index is 0.0632. The van der Waals surface area contributed by atoms with E-state index in [9.17, 15) is 20.2 Å². The van der Waals surface area contributed by atoms with Crippen LogP contribution in [0.3, 0.4) is 0 Å². The molecule has 0 saturated heterocycles. The molecule has 0 spiro atoms. The molecule has 2 aromatic heterocycles. The summed E-state index contributed by atoms with van der Waals surface area (Å²) in [6.45, 7) is 0. The maximum Gasteiger partial charge on any atom is 0.357 e. The third-order valence-corrected chi connectivity index (χ3v) is 3.94. The van der Waals surface area contributed by atoms with Gasteiger partial charge in [-0.3, -0.25) is 31.1 Å². The van der Waals surface area contributed by atoms with Crippen LogP contribution in [0.25, 0.3) is 16.9 Å². The molecule has 2 N–H and O–H groups in total. The molecule has 0 amide bonds. The lowest BCUT2D eigenvalue weighted by Gasteiger charge is -2.10. The highest BCUT2D eigenvalue weighted by atomic mass is 16.6. The van der Waals surface area contributed by atoms with E-state index in [-0.39, 0.29) is 17.3 Å². The highest BCUT2D eigenvalue weighted by molar-refractivity contribution is 5.78. The second-order valence-corrected chi connectivity index (χ2v) is 5.70. The van der Waals surface area contributed by atoms with Gasteiger partial charge in [-0.05, 0) is 24.3 Å². The van der Waals surface area contributed by atoms with Crippen molar-refractivity contribution in [1.82, 2.24) is 25.0 Å². The molecule has 0 aliphatic carbocycles. The lowest BCUT2D eigenvalue weighted by Crippen LogP contribution is -2.14. The molecule has 0 fully saturated rings. The van der Waals surface area contributed by atoms with E-state index in [1.54, 1.807) is 24.3 Å². The Hall–Kier alpha value is -4.68. The summed E-state index contributed by atoms with van der Waals surface area (Å²) < 4.78 is 1.26. The van der Waals surface area contributed by atoms with Crippen molar-refractivity contribution in [2.45, 2.75) is 0 Å². The van der Waals surface area contributed by atoms with E-state index in [0.717, 1.165) is 6.33 Å². The number of aromatic nitrogens is 5. The van der Waals surface area contributed by atoms with Crippen LogP contribution in [0.5, 0.6) is 0 Å². The van der Waals surface area contributed by atoms with Gasteiger partial charge in [0.2, 0.25) is 11.6 Å². The molecule has 144 valence electrons. The fourth-order valence-electron chi connectivity index (χ4n) is 2.61. The second-order valence-electron chi connectivity index (χ2n) is 5.70. The van der Waals surface area contributed by atoms with Crippen molar-refractivity contribution in [3.05, 3.63) is 75.1 Å². The molecule has 0 radical (unpaired) electrons. The van der Waals surface area contributed by atoms with E-state index in [1.165, 1.54) is 28.9 Å². The van der Waals surface area contributed by atoms with Gasteiger partial charge in [0.1, 0.15) is 11.8 Å². The van der Waals surface area contributed by atoms with E-state index in [1.807, 2.05) is 0 Å². The number of rotatable bonds is 6. The van der Waals surface area contributed by atoms with Gasteiger partial charge in [-0.1, -0.05) is 17.3 Å². The fourth-order valence-corrected chi connectivity index (χ4v) is 2.61. The van der Waals surface area contributed by atoms with Gasteiger partial charge in [0.15, 0.2) is 0 Å². The molecule has 0 saturated carbocycles. The Kier molecular flexibility index (Phi) is 4.37. The standard InChI is InChI=1S/C16H11N9O4/c26-24(27)11-7-5-10(6-8-11)19-21-15-14(25(28)29)16(18-9-17-15)23-13-4-2-1-3-12(13)20-22-23/h1-9,19H,(H,17,18,21). The number of anilines is 2. The maximum atomic E-state index is 11.7. The first-order valence-electron chi connectivity index (χ1n) is 8.11. The van der Waals surface area contributed by atoms with Crippen LogP contribution in [0, 0.1) is 20.2 Å². The molecular formula is C16H11N9O4. The SMILES string of the molecule is O=[N+]([O-])c1ccc(NNc2ncnc(-n3nnc4ccccc43)c2[N+](=O)[O-])cc1. The van der Waals surface area contributed by atoms with Crippen LogP contribution in [0.1, 0.15) is 0 Å². The summed E-state index contributed by atoms with van der Waals surface area (Å²) in [5.74, 6) is -0.176. The number of nitro groups is 2. The van der Waals surface area contributed by atoms with Gasteiger partial charge in [0, 0.05) is 12.1 Å². The molecule has 0 atom stereocenters. The van der Waals surface area contributed by atoms with Crippen LogP contribution in [-0.4, -0.2) is 34.8 Å². The maximum absolute atomic E-state index is 11.7. The molecule has 2 aromatic carbocycles. The average molecular weight is 393 g/mol. The molecule has 0 aliphatic heterocycles. The molecular weight excluding hydrogens is 382 g/mol. The van der Waals surface area contributed by atoms with Crippen LogP contribution in [-0.2, 0) is 0 Å². The largest absolute Gasteiger partial charge is 0.357 e. The van der Waals surface area contributed by atoms with Crippen molar-refractivity contribution in [3.63, 3.8) is 0 Å². The van der Waals surface area contributed by atoms with Gasteiger partial charge >= 0.3 is 5.69 Å². The first-order chi connectivity index (χ1) is 14.0. The summed E-state index contributed by atoms with van der Waals surface area (Å²) in [4.78, 5) is 29.2. The fraction of sp³-hybridized carbons (Fsp3) is 0. The normalized spacial score (nSPS) is 10.6. The van der Waals surface area contributed by atoms with E-state index in [4.69, 9.17) is 0 Å². The van der Waals surface area contributed by atoms with E-state index in [2.05, 4.69) is 31.1 Å². The lowest BCUT2D eigenvalue weighted by atomic mass is 10.3. The monoisotopic (exact) mass is 393 g/mol. The first-order valence-corrected chi connectivity index (χ1v) is 8.11. The van der Waals surface area contributed by atoms with Crippen LogP contribution >= 0.6 is 0 Å². The summed E-state index contributed by atoms with van der Waals surface area (Å²) in [5, 5.41) is 30.4. The Balaban J connectivity index is 1.68. The third-order valence-electron chi connectivity index (χ3n) is 3.94. The van der Waals surface area contributed by atoms with Crippen molar-refractivity contribution in [2.24, 2.45) is 0 Å². The van der Waals surface area contributed by atoms with Crippen molar-refractivity contribution in [1.29, 1.82) is 0 Å².